The van der Waals surface area contributed by atoms with Crippen LogP contribution in [0.1, 0.15) is 37.3 Å². The van der Waals surface area contributed by atoms with Crippen LogP contribution in [0.4, 0.5) is 9.57 Å². The van der Waals surface area contributed by atoms with Gasteiger partial charge in [-0.25, -0.2) is 0 Å². The molecular weight excluding hydrogens is 323 g/mol. The van der Waals surface area contributed by atoms with Crippen LogP contribution in [0.5, 0.6) is 0 Å². The van der Waals surface area contributed by atoms with E-state index in [0.717, 1.165) is 36.1 Å². The van der Waals surface area contributed by atoms with Crippen molar-refractivity contribution in [2.75, 3.05) is 5.32 Å². The highest BCUT2D eigenvalue weighted by Gasteiger charge is 2.36. The Hall–Kier alpha value is -2.01. The number of halogens is 1. The molecule has 24 heavy (non-hydrogen) atoms. The Kier molecular flexibility index (Phi) is 5.09. The zero-order valence-corrected chi connectivity index (χ0v) is 14.4. The molecule has 0 amide bonds. The molecule has 126 valence electrons. The van der Waals surface area contributed by atoms with Crippen LogP contribution in [0.25, 0.3) is 12.2 Å². The molecule has 3 rings (SSSR count). The van der Waals surface area contributed by atoms with Crippen LogP contribution in [0.2, 0.25) is 0 Å². The summed E-state index contributed by atoms with van der Waals surface area (Å²) in [4.78, 5) is 13.7. The molecule has 1 aliphatic carbocycles. The van der Waals surface area contributed by atoms with Crippen molar-refractivity contribution in [3.8, 4) is 0 Å². The summed E-state index contributed by atoms with van der Waals surface area (Å²) in [5.74, 6) is 0. The third-order valence-corrected chi connectivity index (χ3v) is 5.19. The maximum absolute atomic E-state index is 13.0. The molecule has 0 saturated heterocycles. The fraction of sp³-hybridized carbons (Fsp3) is 0.316. The second kappa shape index (κ2) is 7.26. The maximum atomic E-state index is 13.0. The van der Waals surface area contributed by atoms with Gasteiger partial charge in [0.2, 0.25) is 5.56 Å². The minimum absolute atomic E-state index is 0.100. The largest absolute Gasteiger partial charge is 0.382 e. The first kappa shape index (κ1) is 16.8. The van der Waals surface area contributed by atoms with Crippen LogP contribution in [-0.4, -0.2) is 15.8 Å². The van der Waals surface area contributed by atoms with E-state index in [1.807, 2.05) is 43.3 Å². The molecule has 2 aromatic rings. The number of aromatic amines is 1. The Balaban J connectivity index is 1.59. The number of pyridine rings is 1. The number of hydrogen-bond donors (Lipinski definition) is 2. The van der Waals surface area contributed by atoms with Crippen molar-refractivity contribution < 1.29 is 3.89 Å². The molecule has 1 aliphatic rings. The normalized spacial score (nSPS) is 23.7. The van der Waals surface area contributed by atoms with Crippen molar-refractivity contribution in [1.29, 1.82) is 0 Å². The fourth-order valence-electron chi connectivity index (χ4n) is 3.04. The highest BCUT2D eigenvalue weighted by atomic mass is 32.2. The van der Waals surface area contributed by atoms with Gasteiger partial charge in [-0.3, -0.25) is 4.79 Å². The smallest absolute Gasteiger partial charge is 0.247 e. The summed E-state index contributed by atoms with van der Waals surface area (Å²) in [5, 5.41) is 3.49. The molecule has 1 aromatic heterocycles. The molecule has 1 saturated carbocycles. The molecule has 1 heterocycles. The van der Waals surface area contributed by atoms with Crippen LogP contribution >= 0.6 is 12.1 Å². The molecule has 1 fully saturated rings. The van der Waals surface area contributed by atoms with Gasteiger partial charge in [0.25, 0.3) is 0 Å². The van der Waals surface area contributed by atoms with Crippen molar-refractivity contribution in [3.05, 3.63) is 64.1 Å². The van der Waals surface area contributed by atoms with E-state index < -0.39 is 0 Å². The zero-order chi connectivity index (χ0) is 17.0. The average Bonchev–Trinajstić information content (AvgIpc) is 2.97. The molecule has 3 nitrogen and oxygen atoms in total. The monoisotopic (exact) mass is 344 g/mol. The van der Waals surface area contributed by atoms with E-state index in [1.165, 1.54) is 6.07 Å². The van der Waals surface area contributed by atoms with E-state index in [0.29, 0.717) is 18.2 Å². The first-order valence-corrected chi connectivity index (χ1v) is 8.81. The number of rotatable bonds is 5. The predicted octanol–water partition coefficient (Wildman–Crippen LogP) is 4.89. The molecule has 0 radical (unpaired) electrons. The quantitative estimate of drug-likeness (QED) is 0.812. The van der Waals surface area contributed by atoms with Crippen LogP contribution in [0, 0.1) is 0 Å². The molecule has 0 aliphatic heterocycles. The van der Waals surface area contributed by atoms with Crippen LogP contribution in [0.3, 0.4) is 0 Å². The first-order chi connectivity index (χ1) is 11.6. The molecule has 0 spiro atoms. The minimum atomic E-state index is -0.239. The molecular formula is C19H21FN2OS. The van der Waals surface area contributed by atoms with E-state index in [4.69, 9.17) is 0 Å². The highest BCUT2D eigenvalue weighted by Crippen LogP contribution is 2.42. The summed E-state index contributed by atoms with van der Waals surface area (Å²) in [6.07, 6.45) is 8.41. The van der Waals surface area contributed by atoms with Gasteiger partial charge in [0, 0.05) is 28.7 Å². The number of hydrogen-bond acceptors (Lipinski definition) is 3. The highest BCUT2D eigenvalue weighted by molar-refractivity contribution is 7.95. The third kappa shape index (κ3) is 4.29. The molecule has 2 unspecified atom stereocenters. The van der Waals surface area contributed by atoms with Gasteiger partial charge in [0.05, 0.1) is 12.1 Å². The average molecular weight is 344 g/mol. The van der Waals surface area contributed by atoms with E-state index in [1.54, 1.807) is 12.3 Å². The van der Waals surface area contributed by atoms with Crippen LogP contribution in [0.15, 0.2) is 47.4 Å². The van der Waals surface area contributed by atoms with Crippen LogP contribution < -0.4 is 10.9 Å². The Morgan fingerprint density at radius 1 is 1.21 bits per heavy atom. The summed E-state index contributed by atoms with van der Waals surface area (Å²) >= 11 is 0.486. The summed E-state index contributed by atoms with van der Waals surface area (Å²) in [6.45, 7) is 1.99. The number of benzene rings is 1. The van der Waals surface area contributed by atoms with Gasteiger partial charge in [0.15, 0.2) is 0 Å². The molecule has 2 N–H and O–H groups in total. The predicted molar refractivity (Wildman–Crippen MR) is 101 cm³/mol. The fourth-order valence-corrected chi connectivity index (χ4v) is 3.50. The van der Waals surface area contributed by atoms with E-state index in [2.05, 4.69) is 10.3 Å². The number of anilines is 1. The number of H-pyrrole nitrogens is 1. The standard InChI is InChI=1S/C19H21FN2OS/c1-19(24-20)11-10-17(12-19)22-16-7-4-14(5-8-16)2-3-15-6-9-18(23)21-13-15/h2-9,13,17,22H,10-12H2,1H3,(H,21,23)/b3-2+. The molecule has 1 aromatic carbocycles. The van der Waals surface area contributed by atoms with Crippen LogP contribution in [-0.2, 0) is 0 Å². The zero-order valence-electron chi connectivity index (χ0n) is 13.6. The Bertz CT molecular complexity index is 751. The Morgan fingerprint density at radius 3 is 2.54 bits per heavy atom. The molecule has 2 atom stereocenters. The van der Waals surface area contributed by atoms with Gasteiger partial charge in [-0.1, -0.05) is 24.3 Å². The van der Waals surface area contributed by atoms with Gasteiger partial charge in [0.1, 0.15) is 0 Å². The second-order valence-electron chi connectivity index (χ2n) is 6.55. The van der Waals surface area contributed by atoms with Crippen molar-refractivity contribution in [2.24, 2.45) is 0 Å². The van der Waals surface area contributed by atoms with Crippen molar-refractivity contribution in [1.82, 2.24) is 4.98 Å². The van der Waals surface area contributed by atoms with E-state index in [9.17, 15) is 8.68 Å². The van der Waals surface area contributed by atoms with Gasteiger partial charge >= 0.3 is 0 Å². The summed E-state index contributed by atoms with van der Waals surface area (Å²) in [5.41, 5.74) is 3.00. The number of nitrogens with one attached hydrogen (secondary N) is 2. The molecule has 5 heteroatoms. The topological polar surface area (TPSA) is 44.9 Å². The van der Waals surface area contributed by atoms with Gasteiger partial charge in [-0.2, -0.15) is 3.89 Å². The lowest BCUT2D eigenvalue weighted by Crippen LogP contribution is -2.20. The maximum Gasteiger partial charge on any atom is 0.247 e. The Morgan fingerprint density at radius 2 is 1.92 bits per heavy atom. The van der Waals surface area contributed by atoms with Gasteiger partial charge < -0.3 is 10.3 Å². The lowest BCUT2D eigenvalue weighted by molar-refractivity contribution is 0.640. The first-order valence-electron chi connectivity index (χ1n) is 8.09. The molecule has 0 bridgehead atoms. The summed E-state index contributed by atoms with van der Waals surface area (Å²) in [6, 6.07) is 11.8. The summed E-state index contributed by atoms with van der Waals surface area (Å²) < 4.78 is 12.7. The summed E-state index contributed by atoms with van der Waals surface area (Å²) in [7, 11) is 0. The van der Waals surface area contributed by atoms with Gasteiger partial charge in [-0.05, 0) is 55.5 Å². The van der Waals surface area contributed by atoms with Gasteiger partial charge in [-0.15, -0.1) is 0 Å². The van der Waals surface area contributed by atoms with Crippen molar-refractivity contribution in [2.45, 2.75) is 37.0 Å². The van der Waals surface area contributed by atoms with Crippen molar-refractivity contribution >= 4 is 30.0 Å². The van der Waals surface area contributed by atoms with E-state index >= 15 is 0 Å². The van der Waals surface area contributed by atoms with E-state index in [-0.39, 0.29) is 10.3 Å². The SMILES string of the molecule is CC1(SF)CCC(Nc2ccc(/C=C/c3ccc(=O)[nH]c3)cc2)C1. The third-order valence-electron chi connectivity index (χ3n) is 4.44. The lowest BCUT2D eigenvalue weighted by Gasteiger charge is -2.19. The second-order valence-corrected chi connectivity index (χ2v) is 7.69. The minimum Gasteiger partial charge on any atom is -0.382 e. The lowest BCUT2D eigenvalue weighted by atomic mass is 10.1. The Labute approximate surface area is 145 Å². The number of aromatic nitrogens is 1. The van der Waals surface area contributed by atoms with Crippen molar-refractivity contribution in [3.63, 3.8) is 0 Å².